The first-order chi connectivity index (χ1) is 15.0. The molecule has 3 aromatic rings. The molecule has 0 aromatic carbocycles. The summed E-state index contributed by atoms with van der Waals surface area (Å²) in [5.74, 6) is 0.733. The van der Waals surface area contributed by atoms with Gasteiger partial charge in [0.2, 0.25) is 11.8 Å². The number of pyridine rings is 1. The van der Waals surface area contributed by atoms with Gasteiger partial charge in [0.15, 0.2) is 11.5 Å². The van der Waals surface area contributed by atoms with Gasteiger partial charge in [-0.1, -0.05) is 6.07 Å². The minimum absolute atomic E-state index is 0.00638. The molecule has 1 aliphatic rings. The standard InChI is InChI=1S/C20H22N6O5/c1-12-5-6-16(31-12)17-18(26(27)28)19(25-20(21)24-17)22-9-13-3-2-4-14(23-13)10-30-15-7-8-29-11-15/h2-6,15H,7-11H2,1H3,(H3,21,22,24,25). The van der Waals surface area contributed by atoms with Gasteiger partial charge in [-0.25, -0.2) is 4.98 Å². The molecule has 1 atom stereocenters. The van der Waals surface area contributed by atoms with Crippen LogP contribution >= 0.6 is 0 Å². The van der Waals surface area contributed by atoms with Crippen LogP contribution in [0.5, 0.6) is 0 Å². The lowest BCUT2D eigenvalue weighted by Crippen LogP contribution is -2.13. The molecule has 162 valence electrons. The predicted molar refractivity (Wildman–Crippen MR) is 111 cm³/mol. The van der Waals surface area contributed by atoms with Crippen molar-refractivity contribution < 1.29 is 18.8 Å². The highest BCUT2D eigenvalue weighted by molar-refractivity contribution is 5.75. The van der Waals surface area contributed by atoms with Crippen molar-refractivity contribution in [3.63, 3.8) is 0 Å². The predicted octanol–water partition coefficient (Wildman–Crippen LogP) is 2.85. The molecule has 0 spiro atoms. The van der Waals surface area contributed by atoms with Crippen LogP contribution in [0.4, 0.5) is 17.5 Å². The maximum atomic E-state index is 11.8. The van der Waals surface area contributed by atoms with Crippen molar-refractivity contribution >= 4 is 17.5 Å². The third kappa shape index (κ3) is 4.95. The average Bonchev–Trinajstić information content (AvgIpc) is 3.42. The lowest BCUT2D eigenvalue weighted by molar-refractivity contribution is -0.383. The smallest absolute Gasteiger partial charge is 0.340 e. The Hall–Kier alpha value is -3.57. The summed E-state index contributed by atoms with van der Waals surface area (Å²) in [7, 11) is 0. The third-order valence-corrected chi connectivity index (χ3v) is 4.71. The second-order valence-electron chi connectivity index (χ2n) is 7.07. The number of nitrogens with zero attached hydrogens (tertiary/aromatic N) is 4. The first-order valence-corrected chi connectivity index (χ1v) is 9.76. The van der Waals surface area contributed by atoms with Crippen LogP contribution in [-0.4, -0.2) is 39.2 Å². The van der Waals surface area contributed by atoms with Crippen LogP contribution in [0.3, 0.4) is 0 Å². The molecule has 1 unspecified atom stereocenters. The van der Waals surface area contributed by atoms with Crippen LogP contribution in [0.2, 0.25) is 0 Å². The quantitative estimate of drug-likeness (QED) is 0.406. The molecule has 0 radical (unpaired) electrons. The number of aryl methyl sites for hydroxylation is 1. The van der Waals surface area contributed by atoms with Crippen molar-refractivity contribution in [1.29, 1.82) is 0 Å². The second kappa shape index (κ2) is 9.06. The molecule has 0 amide bonds. The fraction of sp³-hybridized carbons (Fsp3) is 0.350. The minimum Gasteiger partial charge on any atom is -0.459 e. The van der Waals surface area contributed by atoms with Crippen molar-refractivity contribution in [2.75, 3.05) is 24.3 Å². The zero-order chi connectivity index (χ0) is 21.8. The Morgan fingerprint density at radius 2 is 2.10 bits per heavy atom. The Labute approximate surface area is 177 Å². The highest BCUT2D eigenvalue weighted by Gasteiger charge is 2.27. The molecule has 3 N–H and O–H groups in total. The maximum absolute atomic E-state index is 11.8. The van der Waals surface area contributed by atoms with Gasteiger partial charge in [0, 0.05) is 6.61 Å². The summed E-state index contributed by atoms with van der Waals surface area (Å²) in [5, 5.41) is 14.7. The zero-order valence-electron chi connectivity index (χ0n) is 16.9. The topological polar surface area (TPSA) is 151 Å². The summed E-state index contributed by atoms with van der Waals surface area (Å²) < 4.78 is 16.6. The van der Waals surface area contributed by atoms with Gasteiger partial charge in [-0.2, -0.15) is 4.98 Å². The molecule has 31 heavy (non-hydrogen) atoms. The molecular weight excluding hydrogens is 404 g/mol. The number of aromatic nitrogens is 3. The Bertz CT molecular complexity index is 1080. The van der Waals surface area contributed by atoms with E-state index in [1.807, 2.05) is 18.2 Å². The van der Waals surface area contributed by atoms with E-state index in [0.717, 1.165) is 12.1 Å². The Kier molecular flexibility index (Phi) is 6.05. The molecule has 4 heterocycles. The van der Waals surface area contributed by atoms with E-state index in [0.29, 0.717) is 31.3 Å². The van der Waals surface area contributed by atoms with E-state index >= 15 is 0 Å². The molecular formula is C20H22N6O5. The van der Waals surface area contributed by atoms with Crippen molar-refractivity contribution in [3.05, 3.63) is 57.6 Å². The molecule has 3 aromatic heterocycles. The van der Waals surface area contributed by atoms with Gasteiger partial charge in [-0.05, 0) is 37.6 Å². The average molecular weight is 426 g/mol. The first kappa shape index (κ1) is 20.7. The lowest BCUT2D eigenvalue weighted by atomic mass is 10.2. The fourth-order valence-electron chi connectivity index (χ4n) is 3.23. The summed E-state index contributed by atoms with van der Waals surface area (Å²) in [6.45, 7) is 3.61. The molecule has 1 aliphatic heterocycles. The summed E-state index contributed by atoms with van der Waals surface area (Å²) in [6.07, 6.45) is 0.955. The number of ether oxygens (including phenoxy) is 2. The number of nitrogens with one attached hydrogen (secondary N) is 1. The van der Waals surface area contributed by atoms with Crippen LogP contribution in [0.1, 0.15) is 23.6 Å². The molecule has 0 saturated carbocycles. The monoisotopic (exact) mass is 426 g/mol. The van der Waals surface area contributed by atoms with Gasteiger partial charge in [0.05, 0.1) is 42.2 Å². The second-order valence-corrected chi connectivity index (χ2v) is 7.07. The van der Waals surface area contributed by atoms with Crippen molar-refractivity contribution in [2.24, 2.45) is 0 Å². The number of nitro groups is 1. The van der Waals surface area contributed by atoms with Crippen molar-refractivity contribution in [3.8, 4) is 11.5 Å². The molecule has 1 fully saturated rings. The number of hydrogen-bond acceptors (Lipinski definition) is 10. The zero-order valence-corrected chi connectivity index (χ0v) is 16.9. The van der Waals surface area contributed by atoms with E-state index in [1.165, 1.54) is 0 Å². The van der Waals surface area contributed by atoms with Gasteiger partial charge in [0.25, 0.3) is 0 Å². The lowest BCUT2D eigenvalue weighted by Gasteiger charge is -2.11. The van der Waals surface area contributed by atoms with Crippen LogP contribution in [0.15, 0.2) is 34.7 Å². The molecule has 0 bridgehead atoms. The third-order valence-electron chi connectivity index (χ3n) is 4.71. The highest BCUT2D eigenvalue weighted by atomic mass is 16.6. The maximum Gasteiger partial charge on any atom is 0.340 e. The molecule has 0 aliphatic carbocycles. The summed E-state index contributed by atoms with van der Waals surface area (Å²) in [5.41, 5.74) is 6.93. The summed E-state index contributed by atoms with van der Waals surface area (Å²) in [4.78, 5) is 23.8. The minimum atomic E-state index is -0.559. The van der Waals surface area contributed by atoms with E-state index in [1.54, 1.807) is 19.1 Å². The first-order valence-electron chi connectivity index (χ1n) is 9.76. The van der Waals surface area contributed by atoms with Crippen molar-refractivity contribution in [1.82, 2.24) is 15.0 Å². The van der Waals surface area contributed by atoms with Crippen LogP contribution in [0, 0.1) is 17.0 Å². The Morgan fingerprint density at radius 1 is 1.26 bits per heavy atom. The number of furan rings is 1. The number of rotatable bonds is 8. The summed E-state index contributed by atoms with van der Waals surface area (Å²) >= 11 is 0. The molecule has 1 saturated heterocycles. The fourth-order valence-corrected chi connectivity index (χ4v) is 3.23. The molecule has 11 nitrogen and oxygen atoms in total. The van der Waals surface area contributed by atoms with Crippen molar-refractivity contribution in [2.45, 2.75) is 32.6 Å². The van der Waals surface area contributed by atoms with Gasteiger partial charge in [-0.3, -0.25) is 15.1 Å². The summed E-state index contributed by atoms with van der Waals surface area (Å²) in [6, 6.07) is 8.83. The number of nitrogens with two attached hydrogens (primary N) is 1. The van der Waals surface area contributed by atoms with Crippen LogP contribution in [0.25, 0.3) is 11.5 Å². The Morgan fingerprint density at radius 3 is 2.81 bits per heavy atom. The van der Waals surface area contributed by atoms with E-state index in [9.17, 15) is 10.1 Å². The number of anilines is 2. The molecule has 4 rings (SSSR count). The van der Waals surface area contributed by atoms with E-state index in [2.05, 4.69) is 20.3 Å². The van der Waals surface area contributed by atoms with Gasteiger partial charge >= 0.3 is 5.69 Å². The number of hydrogen-bond donors (Lipinski definition) is 2. The van der Waals surface area contributed by atoms with Gasteiger partial charge < -0.3 is 24.9 Å². The number of nitrogen functional groups attached to an aromatic ring is 1. The van der Waals surface area contributed by atoms with Gasteiger partial charge in [-0.15, -0.1) is 0 Å². The van der Waals surface area contributed by atoms with Crippen LogP contribution in [-0.2, 0) is 22.6 Å². The SMILES string of the molecule is Cc1ccc(-c2nc(N)nc(NCc3cccc(COC4CCOC4)n3)c2[N+](=O)[O-])o1. The van der Waals surface area contributed by atoms with E-state index in [4.69, 9.17) is 19.6 Å². The van der Waals surface area contributed by atoms with Gasteiger partial charge in [0.1, 0.15) is 5.76 Å². The van der Waals surface area contributed by atoms with Crippen LogP contribution < -0.4 is 11.1 Å². The largest absolute Gasteiger partial charge is 0.459 e. The van der Waals surface area contributed by atoms with E-state index in [-0.39, 0.29) is 41.6 Å². The van der Waals surface area contributed by atoms with E-state index < -0.39 is 4.92 Å². The highest BCUT2D eigenvalue weighted by Crippen LogP contribution is 2.35. The Balaban J connectivity index is 1.52. The molecule has 11 heteroatoms. The normalized spacial score (nSPS) is 15.8.